The highest BCUT2D eigenvalue weighted by Gasteiger charge is 2.15. The van der Waals surface area contributed by atoms with Crippen LogP contribution in [-0.4, -0.2) is 24.5 Å². The fraction of sp³-hybridized carbons (Fsp3) is 0.412. The maximum Gasteiger partial charge on any atom is 0.0410 e. The second kappa shape index (κ2) is 7.58. The van der Waals surface area contributed by atoms with Crippen LogP contribution in [-0.2, 0) is 6.42 Å². The molecule has 1 aromatic heterocycles. The quantitative estimate of drug-likeness (QED) is 0.841. The van der Waals surface area contributed by atoms with Gasteiger partial charge in [-0.25, -0.2) is 0 Å². The van der Waals surface area contributed by atoms with E-state index < -0.39 is 0 Å². The number of nitrogens with two attached hydrogens (primary N) is 1. The van der Waals surface area contributed by atoms with Crippen LogP contribution in [0.2, 0.25) is 0 Å². The molecule has 0 spiro atoms. The van der Waals surface area contributed by atoms with E-state index in [-0.39, 0.29) is 6.04 Å². The monoisotopic (exact) mass is 288 g/mol. The Kier molecular flexibility index (Phi) is 5.77. The first-order chi connectivity index (χ1) is 9.66. The van der Waals surface area contributed by atoms with Crippen molar-refractivity contribution in [3.63, 3.8) is 0 Å². The molecule has 0 saturated heterocycles. The zero-order valence-corrected chi connectivity index (χ0v) is 13.1. The molecular formula is C17H24N2S. The summed E-state index contributed by atoms with van der Waals surface area (Å²) in [6.45, 7) is 3.18. The first kappa shape index (κ1) is 15.2. The van der Waals surface area contributed by atoms with Crippen LogP contribution in [0.4, 0.5) is 0 Å². The Bertz CT molecular complexity index is 481. The van der Waals surface area contributed by atoms with Crippen LogP contribution in [0.1, 0.15) is 29.8 Å². The van der Waals surface area contributed by atoms with Gasteiger partial charge in [-0.2, -0.15) is 0 Å². The predicted octanol–water partition coefficient (Wildman–Crippen LogP) is 3.70. The molecule has 3 heteroatoms. The lowest BCUT2D eigenvalue weighted by Crippen LogP contribution is -2.36. The summed E-state index contributed by atoms with van der Waals surface area (Å²) < 4.78 is 0. The second-order valence-corrected chi connectivity index (χ2v) is 6.39. The molecule has 0 saturated carbocycles. The zero-order valence-electron chi connectivity index (χ0n) is 12.3. The highest BCUT2D eigenvalue weighted by molar-refractivity contribution is 7.10. The van der Waals surface area contributed by atoms with E-state index in [4.69, 9.17) is 5.73 Å². The number of thiophene rings is 1. The van der Waals surface area contributed by atoms with E-state index in [1.165, 1.54) is 10.4 Å². The molecule has 108 valence electrons. The van der Waals surface area contributed by atoms with Crippen molar-refractivity contribution in [2.24, 2.45) is 5.73 Å². The average molecular weight is 288 g/mol. The van der Waals surface area contributed by atoms with Crippen molar-refractivity contribution in [1.29, 1.82) is 0 Å². The van der Waals surface area contributed by atoms with Crippen molar-refractivity contribution in [1.82, 2.24) is 4.90 Å². The van der Waals surface area contributed by atoms with E-state index in [1.807, 2.05) is 11.3 Å². The Morgan fingerprint density at radius 1 is 1.15 bits per heavy atom. The molecule has 0 amide bonds. The minimum atomic E-state index is 0.225. The molecule has 0 aliphatic heterocycles. The molecule has 1 heterocycles. The Labute approximate surface area is 126 Å². The van der Waals surface area contributed by atoms with Crippen molar-refractivity contribution in [3.05, 3.63) is 58.3 Å². The molecule has 2 atom stereocenters. The largest absolute Gasteiger partial charge is 0.327 e. The zero-order chi connectivity index (χ0) is 14.4. The van der Waals surface area contributed by atoms with Crippen molar-refractivity contribution in [2.45, 2.75) is 31.8 Å². The highest BCUT2D eigenvalue weighted by atomic mass is 32.1. The summed E-state index contributed by atoms with van der Waals surface area (Å²) in [4.78, 5) is 3.75. The van der Waals surface area contributed by atoms with E-state index in [0.717, 1.165) is 19.4 Å². The molecule has 0 fully saturated rings. The average Bonchev–Trinajstić information content (AvgIpc) is 2.99. The Balaban J connectivity index is 1.77. The van der Waals surface area contributed by atoms with Crippen LogP contribution >= 0.6 is 11.3 Å². The lowest BCUT2D eigenvalue weighted by molar-refractivity contribution is 0.244. The van der Waals surface area contributed by atoms with Crippen molar-refractivity contribution >= 4 is 11.3 Å². The number of hydrogen-bond acceptors (Lipinski definition) is 3. The maximum atomic E-state index is 6.28. The first-order valence-electron chi connectivity index (χ1n) is 7.20. The second-order valence-electron chi connectivity index (χ2n) is 5.42. The summed E-state index contributed by atoms with van der Waals surface area (Å²) >= 11 is 1.81. The van der Waals surface area contributed by atoms with Crippen LogP contribution in [0.15, 0.2) is 47.8 Å². The molecule has 2 nitrogen and oxygen atoms in total. The number of benzene rings is 1. The number of nitrogens with zero attached hydrogens (tertiary/aromatic N) is 1. The van der Waals surface area contributed by atoms with Gasteiger partial charge < -0.3 is 5.73 Å². The van der Waals surface area contributed by atoms with Gasteiger partial charge >= 0.3 is 0 Å². The third kappa shape index (κ3) is 4.44. The fourth-order valence-electron chi connectivity index (χ4n) is 2.36. The van der Waals surface area contributed by atoms with E-state index >= 15 is 0 Å². The number of aryl methyl sites for hydroxylation is 1. The molecule has 20 heavy (non-hydrogen) atoms. The van der Waals surface area contributed by atoms with Gasteiger partial charge in [0, 0.05) is 23.5 Å². The molecule has 2 rings (SSSR count). The van der Waals surface area contributed by atoms with Crippen LogP contribution in [0, 0.1) is 0 Å². The van der Waals surface area contributed by atoms with Gasteiger partial charge in [-0.1, -0.05) is 36.4 Å². The molecule has 2 unspecified atom stereocenters. The van der Waals surface area contributed by atoms with Gasteiger partial charge in [0.15, 0.2) is 0 Å². The van der Waals surface area contributed by atoms with Crippen LogP contribution in [0.5, 0.6) is 0 Å². The number of hydrogen-bond donors (Lipinski definition) is 1. The molecule has 0 bridgehead atoms. The first-order valence-corrected chi connectivity index (χ1v) is 8.08. The molecule has 2 N–H and O–H groups in total. The fourth-order valence-corrected chi connectivity index (χ4v) is 3.21. The van der Waals surface area contributed by atoms with Gasteiger partial charge in [-0.05, 0) is 43.8 Å². The molecule has 0 aliphatic carbocycles. The van der Waals surface area contributed by atoms with Gasteiger partial charge in [0.25, 0.3) is 0 Å². The lowest BCUT2D eigenvalue weighted by atomic mass is 10.1. The molecular weight excluding hydrogens is 264 g/mol. The van der Waals surface area contributed by atoms with Crippen molar-refractivity contribution < 1.29 is 0 Å². The predicted molar refractivity (Wildman–Crippen MR) is 88.1 cm³/mol. The Hall–Kier alpha value is -1.16. The minimum absolute atomic E-state index is 0.225. The third-order valence-electron chi connectivity index (χ3n) is 3.79. The topological polar surface area (TPSA) is 29.3 Å². The Morgan fingerprint density at radius 3 is 2.55 bits per heavy atom. The summed E-state index contributed by atoms with van der Waals surface area (Å²) in [5.74, 6) is 0. The van der Waals surface area contributed by atoms with Gasteiger partial charge in [-0.3, -0.25) is 4.90 Å². The lowest BCUT2D eigenvalue weighted by Gasteiger charge is -2.26. The molecule has 0 radical (unpaired) electrons. The highest BCUT2D eigenvalue weighted by Crippen LogP contribution is 2.23. The summed E-state index contributed by atoms with van der Waals surface area (Å²) in [6, 6.07) is 15.5. The van der Waals surface area contributed by atoms with Crippen LogP contribution < -0.4 is 5.73 Å². The summed E-state index contributed by atoms with van der Waals surface area (Å²) in [5.41, 5.74) is 7.65. The van der Waals surface area contributed by atoms with Crippen LogP contribution in [0.3, 0.4) is 0 Å². The van der Waals surface area contributed by atoms with E-state index in [2.05, 4.69) is 66.7 Å². The Morgan fingerprint density at radius 2 is 1.90 bits per heavy atom. The SMILES string of the molecule is CC(c1cccs1)N(C)CC(N)CCc1ccccc1. The number of likely N-dealkylation sites (N-methyl/N-ethyl adjacent to an activating group) is 1. The molecule has 2 aromatic rings. The standard InChI is InChI=1S/C17H24N2S/c1-14(17-9-6-12-20-17)19(2)13-16(18)11-10-15-7-4-3-5-8-15/h3-9,12,14,16H,10-11,13,18H2,1-2H3. The van der Waals surface area contributed by atoms with Gasteiger partial charge in [0.2, 0.25) is 0 Å². The van der Waals surface area contributed by atoms with Crippen molar-refractivity contribution in [2.75, 3.05) is 13.6 Å². The van der Waals surface area contributed by atoms with Gasteiger partial charge in [0.05, 0.1) is 0 Å². The summed E-state index contributed by atoms with van der Waals surface area (Å²) in [5, 5.41) is 2.13. The summed E-state index contributed by atoms with van der Waals surface area (Å²) in [6.07, 6.45) is 2.09. The van der Waals surface area contributed by atoms with E-state index in [1.54, 1.807) is 0 Å². The summed E-state index contributed by atoms with van der Waals surface area (Å²) in [7, 11) is 2.16. The van der Waals surface area contributed by atoms with E-state index in [9.17, 15) is 0 Å². The van der Waals surface area contributed by atoms with Crippen molar-refractivity contribution in [3.8, 4) is 0 Å². The molecule has 0 aliphatic rings. The van der Waals surface area contributed by atoms with E-state index in [0.29, 0.717) is 6.04 Å². The third-order valence-corrected chi connectivity index (χ3v) is 4.83. The van der Waals surface area contributed by atoms with Crippen LogP contribution in [0.25, 0.3) is 0 Å². The normalized spacial score (nSPS) is 14.4. The number of rotatable bonds is 7. The maximum absolute atomic E-state index is 6.28. The van der Waals surface area contributed by atoms with Gasteiger partial charge in [0.1, 0.15) is 0 Å². The minimum Gasteiger partial charge on any atom is -0.327 e. The van der Waals surface area contributed by atoms with Gasteiger partial charge in [-0.15, -0.1) is 11.3 Å². The smallest absolute Gasteiger partial charge is 0.0410 e. The molecule has 1 aromatic carbocycles.